The Labute approximate surface area is 180 Å². The second-order valence-electron chi connectivity index (χ2n) is 6.82. The van der Waals surface area contributed by atoms with Crippen LogP contribution in [0.1, 0.15) is 11.1 Å². The number of anilines is 1. The Bertz CT molecular complexity index is 1270. The Kier molecular flexibility index (Phi) is 5.61. The van der Waals surface area contributed by atoms with Crippen LogP contribution in [0.15, 0.2) is 93.2 Å². The van der Waals surface area contributed by atoms with E-state index in [1.54, 1.807) is 42.5 Å². The van der Waals surface area contributed by atoms with Crippen LogP contribution in [0.2, 0.25) is 5.02 Å². The van der Waals surface area contributed by atoms with Crippen LogP contribution in [-0.2, 0) is 16.4 Å². The number of nitrogens with zero attached hydrogens (tertiary/aromatic N) is 1. The van der Waals surface area contributed by atoms with Crippen LogP contribution in [-0.4, -0.2) is 13.4 Å². The molecular formula is C23H19ClN2O3S. The predicted molar refractivity (Wildman–Crippen MR) is 117 cm³/mol. The number of rotatable bonds is 6. The second kappa shape index (κ2) is 8.34. The van der Waals surface area contributed by atoms with Gasteiger partial charge in [0.15, 0.2) is 0 Å². The van der Waals surface area contributed by atoms with E-state index in [0.717, 1.165) is 11.1 Å². The molecule has 1 heterocycles. The lowest BCUT2D eigenvalue weighted by molar-refractivity contribution is 0.576. The summed E-state index contributed by atoms with van der Waals surface area (Å²) in [7, 11) is -3.89. The Morgan fingerprint density at radius 3 is 2.40 bits per heavy atom. The third kappa shape index (κ3) is 4.25. The highest BCUT2D eigenvalue weighted by Gasteiger charge is 2.28. The van der Waals surface area contributed by atoms with Gasteiger partial charge in [-0.15, -0.1) is 0 Å². The van der Waals surface area contributed by atoms with Crippen LogP contribution in [0.3, 0.4) is 0 Å². The second-order valence-corrected chi connectivity index (χ2v) is 9.12. The van der Waals surface area contributed by atoms with Crippen molar-refractivity contribution in [2.75, 3.05) is 5.32 Å². The van der Waals surface area contributed by atoms with Crippen LogP contribution in [0.25, 0.3) is 11.5 Å². The van der Waals surface area contributed by atoms with E-state index in [1.165, 1.54) is 0 Å². The largest absolute Gasteiger partial charge is 0.419 e. The van der Waals surface area contributed by atoms with Gasteiger partial charge in [-0.2, -0.15) is 4.98 Å². The minimum absolute atomic E-state index is 0.102. The zero-order valence-electron chi connectivity index (χ0n) is 16.2. The molecule has 7 heteroatoms. The molecule has 0 radical (unpaired) electrons. The van der Waals surface area contributed by atoms with E-state index in [0.29, 0.717) is 17.1 Å². The molecular weight excluding hydrogens is 420 g/mol. The lowest BCUT2D eigenvalue weighted by atomic mass is 10.2. The normalized spacial score (nSPS) is 11.4. The first-order valence-corrected chi connectivity index (χ1v) is 11.2. The number of nitrogens with one attached hydrogen (secondary N) is 1. The van der Waals surface area contributed by atoms with Gasteiger partial charge in [0.25, 0.3) is 0 Å². The van der Waals surface area contributed by atoms with Crippen molar-refractivity contribution < 1.29 is 12.8 Å². The summed E-state index contributed by atoms with van der Waals surface area (Å²) in [6.07, 6.45) is 0. The minimum Gasteiger partial charge on any atom is -0.419 e. The average molecular weight is 439 g/mol. The summed E-state index contributed by atoms with van der Waals surface area (Å²) in [5.41, 5.74) is 2.46. The highest BCUT2D eigenvalue weighted by molar-refractivity contribution is 7.91. The summed E-state index contributed by atoms with van der Waals surface area (Å²) >= 11 is 5.96. The van der Waals surface area contributed by atoms with Gasteiger partial charge in [0.05, 0.1) is 4.90 Å². The summed E-state index contributed by atoms with van der Waals surface area (Å²) < 4.78 is 32.5. The number of aryl methyl sites for hydroxylation is 1. The monoisotopic (exact) mass is 438 g/mol. The van der Waals surface area contributed by atoms with Gasteiger partial charge in [0, 0.05) is 17.1 Å². The number of hydrogen-bond acceptors (Lipinski definition) is 5. The average Bonchev–Trinajstić information content (AvgIpc) is 3.19. The first kappa shape index (κ1) is 20.2. The SMILES string of the molecule is Cc1cccc(S(=O)(=O)c2nc(-c3ccc(Cl)cc3)oc2NCc2ccccc2)c1. The fraction of sp³-hybridized carbons (Fsp3) is 0.0870. The van der Waals surface area contributed by atoms with Gasteiger partial charge in [-0.05, 0) is 54.4 Å². The van der Waals surface area contributed by atoms with E-state index in [4.69, 9.17) is 16.0 Å². The maximum atomic E-state index is 13.3. The first-order valence-electron chi connectivity index (χ1n) is 9.30. The molecule has 4 aromatic rings. The smallest absolute Gasteiger partial charge is 0.234 e. The number of aromatic nitrogens is 1. The zero-order valence-corrected chi connectivity index (χ0v) is 17.7. The van der Waals surface area contributed by atoms with E-state index in [2.05, 4.69) is 10.3 Å². The van der Waals surface area contributed by atoms with Gasteiger partial charge < -0.3 is 9.73 Å². The van der Waals surface area contributed by atoms with Crippen molar-refractivity contribution in [3.8, 4) is 11.5 Å². The van der Waals surface area contributed by atoms with Crippen molar-refractivity contribution in [2.45, 2.75) is 23.4 Å². The number of benzene rings is 3. The van der Waals surface area contributed by atoms with Gasteiger partial charge in [0.1, 0.15) is 0 Å². The molecule has 0 bridgehead atoms. The maximum absolute atomic E-state index is 13.3. The van der Waals surface area contributed by atoms with E-state index in [1.807, 2.05) is 43.3 Å². The van der Waals surface area contributed by atoms with Crippen LogP contribution in [0.5, 0.6) is 0 Å². The third-order valence-corrected chi connectivity index (χ3v) is 6.45. The van der Waals surface area contributed by atoms with Gasteiger partial charge in [-0.1, -0.05) is 54.1 Å². The minimum atomic E-state index is -3.89. The molecule has 152 valence electrons. The third-order valence-electron chi connectivity index (χ3n) is 4.54. The zero-order chi connectivity index (χ0) is 21.1. The fourth-order valence-corrected chi connectivity index (χ4v) is 4.50. The molecule has 30 heavy (non-hydrogen) atoms. The number of halogens is 1. The van der Waals surface area contributed by atoms with Crippen LogP contribution in [0.4, 0.5) is 5.88 Å². The molecule has 0 aliphatic heterocycles. The van der Waals surface area contributed by atoms with E-state index < -0.39 is 9.84 Å². The van der Waals surface area contributed by atoms with Crippen molar-refractivity contribution in [1.29, 1.82) is 0 Å². The molecule has 1 N–H and O–H groups in total. The summed E-state index contributed by atoms with van der Waals surface area (Å²) in [5, 5.41) is 3.51. The summed E-state index contributed by atoms with van der Waals surface area (Å²) in [4.78, 5) is 4.51. The maximum Gasteiger partial charge on any atom is 0.234 e. The van der Waals surface area contributed by atoms with Crippen molar-refractivity contribution in [3.63, 3.8) is 0 Å². The molecule has 0 atom stereocenters. The highest BCUT2D eigenvalue weighted by Crippen LogP contribution is 2.33. The standard InChI is InChI=1S/C23H19ClN2O3S/c1-16-6-5-9-20(14-16)30(27,28)23-22(25-15-17-7-3-2-4-8-17)29-21(26-23)18-10-12-19(24)13-11-18/h2-14,25H,15H2,1H3. The summed E-state index contributed by atoms with van der Waals surface area (Å²) in [6.45, 7) is 2.24. The Balaban J connectivity index is 1.77. The molecule has 0 aliphatic carbocycles. The highest BCUT2D eigenvalue weighted by atomic mass is 35.5. The topological polar surface area (TPSA) is 72.2 Å². The molecule has 0 saturated carbocycles. The Hall–Kier alpha value is -3.09. The van der Waals surface area contributed by atoms with Crippen molar-refractivity contribution >= 4 is 27.3 Å². The molecule has 0 amide bonds. The molecule has 3 aromatic carbocycles. The lowest BCUT2D eigenvalue weighted by Gasteiger charge is -2.07. The van der Waals surface area contributed by atoms with Gasteiger partial charge in [-0.25, -0.2) is 8.42 Å². The number of hydrogen-bond donors (Lipinski definition) is 1. The molecule has 0 aliphatic rings. The Morgan fingerprint density at radius 1 is 0.967 bits per heavy atom. The fourth-order valence-electron chi connectivity index (χ4n) is 2.99. The molecule has 0 spiro atoms. The van der Waals surface area contributed by atoms with Gasteiger partial charge in [-0.3, -0.25) is 0 Å². The van der Waals surface area contributed by atoms with Crippen LogP contribution < -0.4 is 5.32 Å². The van der Waals surface area contributed by atoms with Gasteiger partial charge >= 0.3 is 0 Å². The van der Waals surface area contributed by atoms with E-state index in [-0.39, 0.29) is 21.7 Å². The van der Waals surface area contributed by atoms with E-state index >= 15 is 0 Å². The number of sulfone groups is 1. The van der Waals surface area contributed by atoms with E-state index in [9.17, 15) is 8.42 Å². The van der Waals surface area contributed by atoms with Crippen molar-refractivity contribution in [2.24, 2.45) is 0 Å². The van der Waals surface area contributed by atoms with Crippen LogP contribution >= 0.6 is 11.6 Å². The molecule has 0 fully saturated rings. The Morgan fingerprint density at radius 2 is 1.70 bits per heavy atom. The molecule has 0 unspecified atom stereocenters. The molecule has 5 nitrogen and oxygen atoms in total. The van der Waals surface area contributed by atoms with Gasteiger partial charge in [0.2, 0.25) is 26.6 Å². The summed E-state index contributed by atoms with van der Waals surface area (Å²) in [5.74, 6) is 0.304. The quantitative estimate of drug-likeness (QED) is 0.415. The summed E-state index contributed by atoms with van der Waals surface area (Å²) in [6, 6.07) is 23.2. The molecule has 0 saturated heterocycles. The van der Waals surface area contributed by atoms with Crippen molar-refractivity contribution in [3.05, 3.63) is 95.0 Å². The molecule has 4 rings (SSSR count). The van der Waals surface area contributed by atoms with Crippen LogP contribution in [0, 0.1) is 6.92 Å². The molecule has 1 aromatic heterocycles. The van der Waals surface area contributed by atoms with Crippen molar-refractivity contribution in [1.82, 2.24) is 4.98 Å². The lowest BCUT2D eigenvalue weighted by Crippen LogP contribution is -2.07. The first-order chi connectivity index (χ1) is 14.4. The number of oxazole rings is 1. The predicted octanol–water partition coefficient (Wildman–Crippen LogP) is 5.75.